The number of rotatable bonds is 4. The summed E-state index contributed by atoms with van der Waals surface area (Å²) in [7, 11) is 0. The van der Waals surface area contributed by atoms with E-state index in [2.05, 4.69) is 10.6 Å². The Morgan fingerprint density at radius 1 is 1.04 bits per heavy atom. The number of nitrogens with one attached hydrogen (secondary N) is 2. The number of benzene rings is 1. The van der Waals surface area contributed by atoms with E-state index in [1.54, 1.807) is 30.3 Å². The van der Waals surface area contributed by atoms with Crippen LogP contribution < -0.4 is 10.6 Å². The van der Waals surface area contributed by atoms with Crippen LogP contribution in [0.2, 0.25) is 0 Å². The van der Waals surface area contributed by atoms with E-state index in [0.717, 1.165) is 38.8 Å². The van der Waals surface area contributed by atoms with E-state index in [0.29, 0.717) is 17.0 Å². The SMILES string of the molecule is O=C(/C=C/c1ccco1)NC(=S)Nc1ccccc1C(=O)N1CCCCCC1. The number of para-hydroxylation sites is 1. The lowest BCUT2D eigenvalue weighted by Gasteiger charge is -2.22. The summed E-state index contributed by atoms with van der Waals surface area (Å²) >= 11 is 5.23. The first-order valence-electron chi connectivity index (χ1n) is 9.35. The topological polar surface area (TPSA) is 74.6 Å². The lowest BCUT2D eigenvalue weighted by molar-refractivity contribution is -0.115. The average molecular weight is 398 g/mol. The van der Waals surface area contributed by atoms with Crippen molar-refractivity contribution in [3.05, 3.63) is 60.1 Å². The Kier molecular flexibility index (Phi) is 6.97. The number of likely N-dealkylation sites (tertiary alicyclic amines) is 1. The van der Waals surface area contributed by atoms with Crippen LogP contribution in [-0.4, -0.2) is 34.9 Å². The maximum Gasteiger partial charge on any atom is 0.255 e. The fourth-order valence-electron chi connectivity index (χ4n) is 3.07. The molecule has 0 saturated carbocycles. The highest BCUT2D eigenvalue weighted by Gasteiger charge is 2.20. The third-order valence-electron chi connectivity index (χ3n) is 4.48. The van der Waals surface area contributed by atoms with Crippen LogP contribution in [-0.2, 0) is 4.79 Å². The van der Waals surface area contributed by atoms with Gasteiger partial charge in [0, 0.05) is 19.2 Å². The average Bonchev–Trinajstić information content (AvgIpc) is 3.06. The van der Waals surface area contributed by atoms with Gasteiger partial charge in [0.15, 0.2) is 5.11 Å². The molecular weight excluding hydrogens is 374 g/mol. The second kappa shape index (κ2) is 9.85. The van der Waals surface area contributed by atoms with Gasteiger partial charge in [-0.2, -0.15) is 0 Å². The molecule has 1 aromatic carbocycles. The molecule has 6 nitrogen and oxygen atoms in total. The molecule has 7 heteroatoms. The molecule has 2 aromatic rings. The number of amides is 2. The van der Waals surface area contributed by atoms with Gasteiger partial charge in [0.2, 0.25) is 5.91 Å². The number of carbonyl (C=O) groups excluding carboxylic acids is 2. The van der Waals surface area contributed by atoms with Crippen molar-refractivity contribution in [3.63, 3.8) is 0 Å². The molecule has 0 spiro atoms. The Balaban J connectivity index is 1.63. The van der Waals surface area contributed by atoms with Crippen molar-refractivity contribution in [3.8, 4) is 0 Å². The van der Waals surface area contributed by atoms with Gasteiger partial charge in [-0.1, -0.05) is 25.0 Å². The maximum atomic E-state index is 12.9. The number of thiocarbonyl (C=S) groups is 1. The predicted molar refractivity (Wildman–Crippen MR) is 113 cm³/mol. The molecule has 0 bridgehead atoms. The third-order valence-corrected chi connectivity index (χ3v) is 4.68. The molecular formula is C21H23N3O3S. The number of carbonyl (C=O) groups is 2. The Bertz CT molecular complexity index is 854. The Morgan fingerprint density at radius 2 is 1.79 bits per heavy atom. The molecule has 1 aliphatic heterocycles. The number of furan rings is 1. The van der Waals surface area contributed by atoms with Crippen molar-refractivity contribution in [1.29, 1.82) is 0 Å². The van der Waals surface area contributed by atoms with E-state index in [1.165, 1.54) is 12.3 Å². The van der Waals surface area contributed by atoms with Gasteiger partial charge in [0.1, 0.15) is 5.76 Å². The lowest BCUT2D eigenvalue weighted by atomic mass is 10.1. The van der Waals surface area contributed by atoms with Crippen LogP contribution in [0.25, 0.3) is 6.08 Å². The minimum Gasteiger partial charge on any atom is -0.465 e. The molecule has 0 unspecified atom stereocenters. The number of anilines is 1. The maximum absolute atomic E-state index is 12.9. The number of hydrogen-bond acceptors (Lipinski definition) is 4. The number of nitrogens with zero attached hydrogens (tertiary/aromatic N) is 1. The molecule has 1 aliphatic rings. The minimum absolute atomic E-state index is 0.0168. The summed E-state index contributed by atoms with van der Waals surface area (Å²) in [6.45, 7) is 1.54. The molecule has 2 heterocycles. The summed E-state index contributed by atoms with van der Waals surface area (Å²) < 4.78 is 5.14. The van der Waals surface area contributed by atoms with E-state index in [4.69, 9.17) is 16.6 Å². The minimum atomic E-state index is -0.384. The van der Waals surface area contributed by atoms with Crippen molar-refractivity contribution < 1.29 is 14.0 Å². The largest absolute Gasteiger partial charge is 0.465 e. The van der Waals surface area contributed by atoms with E-state index in [-0.39, 0.29) is 16.9 Å². The molecule has 28 heavy (non-hydrogen) atoms. The van der Waals surface area contributed by atoms with Crippen LogP contribution in [0.1, 0.15) is 41.8 Å². The normalized spacial score (nSPS) is 14.5. The number of hydrogen-bond donors (Lipinski definition) is 2. The molecule has 2 amide bonds. The van der Waals surface area contributed by atoms with Gasteiger partial charge in [-0.05, 0) is 55.4 Å². The standard InChI is InChI=1S/C21H23N3O3S/c25-19(12-11-16-8-7-15-27-16)23-21(28)22-18-10-4-3-9-17(18)20(26)24-13-5-1-2-6-14-24/h3-4,7-12,15H,1-2,5-6,13-14H2,(H2,22,23,25,28)/b12-11+. The van der Waals surface area contributed by atoms with E-state index < -0.39 is 0 Å². The summed E-state index contributed by atoms with van der Waals surface area (Å²) in [5.74, 6) is 0.171. The first-order valence-corrected chi connectivity index (χ1v) is 9.76. The van der Waals surface area contributed by atoms with E-state index in [9.17, 15) is 9.59 Å². The quantitative estimate of drug-likeness (QED) is 0.606. The van der Waals surface area contributed by atoms with Gasteiger partial charge in [0.25, 0.3) is 5.91 Å². The van der Waals surface area contributed by atoms with Crippen LogP contribution in [0.3, 0.4) is 0 Å². The van der Waals surface area contributed by atoms with Crippen LogP contribution in [0.4, 0.5) is 5.69 Å². The summed E-state index contributed by atoms with van der Waals surface area (Å²) in [6.07, 6.45) is 8.78. The second-order valence-electron chi connectivity index (χ2n) is 6.54. The highest BCUT2D eigenvalue weighted by atomic mass is 32.1. The summed E-state index contributed by atoms with van der Waals surface area (Å²) in [6, 6.07) is 10.7. The molecule has 1 saturated heterocycles. The smallest absolute Gasteiger partial charge is 0.255 e. The molecule has 146 valence electrons. The van der Waals surface area contributed by atoms with Gasteiger partial charge >= 0.3 is 0 Å². The summed E-state index contributed by atoms with van der Waals surface area (Å²) in [5, 5.41) is 5.67. The molecule has 0 atom stereocenters. The fraction of sp³-hybridized carbons (Fsp3) is 0.286. The van der Waals surface area contributed by atoms with Crippen molar-refractivity contribution in [2.24, 2.45) is 0 Å². The zero-order valence-corrected chi connectivity index (χ0v) is 16.3. The first kappa shape index (κ1) is 19.8. The zero-order valence-electron chi connectivity index (χ0n) is 15.5. The van der Waals surface area contributed by atoms with Crippen LogP contribution in [0.5, 0.6) is 0 Å². The van der Waals surface area contributed by atoms with E-state index >= 15 is 0 Å². The Labute approximate surface area is 169 Å². The highest BCUT2D eigenvalue weighted by Crippen LogP contribution is 2.20. The fourth-order valence-corrected chi connectivity index (χ4v) is 3.28. The Hall–Kier alpha value is -2.93. The van der Waals surface area contributed by atoms with Crippen LogP contribution in [0, 0.1) is 0 Å². The van der Waals surface area contributed by atoms with Gasteiger partial charge < -0.3 is 14.6 Å². The predicted octanol–water partition coefficient (Wildman–Crippen LogP) is 3.82. The first-order chi connectivity index (χ1) is 13.6. The van der Waals surface area contributed by atoms with Gasteiger partial charge in [-0.15, -0.1) is 0 Å². The molecule has 1 fully saturated rings. The highest BCUT2D eigenvalue weighted by molar-refractivity contribution is 7.80. The third kappa shape index (κ3) is 5.53. The summed E-state index contributed by atoms with van der Waals surface area (Å²) in [5.41, 5.74) is 1.13. The zero-order chi connectivity index (χ0) is 19.8. The van der Waals surface area contributed by atoms with Crippen LogP contribution in [0.15, 0.2) is 53.2 Å². The lowest BCUT2D eigenvalue weighted by Crippen LogP contribution is -2.35. The Morgan fingerprint density at radius 3 is 2.50 bits per heavy atom. The van der Waals surface area contributed by atoms with Crippen molar-refractivity contribution in [2.75, 3.05) is 18.4 Å². The second-order valence-corrected chi connectivity index (χ2v) is 6.95. The van der Waals surface area contributed by atoms with Crippen LogP contribution >= 0.6 is 12.2 Å². The van der Waals surface area contributed by atoms with Crippen molar-refractivity contribution >= 4 is 40.9 Å². The molecule has 2 N–H and O–H groups in total. The van der Waals surface area contributed by atoms with Crippen molar-refractivity contribution in [1.82, 2.24) is 10.2 Å². The van der Waals surface area contributed by atoms with Gasteiger partial charge in [-0.25, -0.2) is 0 Å². The van der Waals surface area contributed by atoms with E-state index in [1.807, 2.05) is 17.0 Å². The molecule has 0 radical (unpaired) electrons. The molecule has 3 rings (SSSR count). The molecule has 0 aliphatic carbocycles. The van der Waals surface area contributed by atoms with Crippen molar-refractivity contribution in [2.45, 2.75) is 25.7 Å². The summed E-state index contributed by atoms with van der Waals surface area (Å²) in [4.78, 5) is 26.8. The van der Waals surface area contributed by atoms with Gasteiger partial charge in [0.05, 0.1) is 17.5 Å². The van der Waals surface area contributed by atoms with Gasteiger partial charge in [-0.3, -0.25) is 14.9 Å². The molecule has 1 aromatic heterocycles. The monoisotopic (exact) mass is 397 g/mol.